The monoisotopic (exact) mass is 494 g/mol. The Morgan fingerprint density at radius 1 is 0.758 bits per heavy atom. The largest absolute Gasteiger partial charge is 0.481 e. The summed E-state index contributed by atoms with van der Waals surface area (Å²) in [7, 11) is 0. The number of hydrogen-bond acceptors (Lipinski definition) is 9. The molecule has 4 unspecified atom stereocenters. The van der Waals surface area contributed by atoms with Gasteiger partial charge in [0.1, 0.15) is 18.1 Å². The molecule has 0 aliphatic heterocycles. The van der Waals surface area contributed by atoms with Crippen LogP contribution in [0, 0.1) is 0 Å². The van der Waals surface area contributed by atoms with Gasteiger partial charge in [0.15, 0.2) is 0 Å². The zero-order valence-electron chi connectivity index (χ0n) is 18.0. The second-order valence-electron chi connectivity index (χ2n) is 6.96. The van der Waals surface area contributed by atoms with Crippen molar-refractivity contribution in [3.63, 3.8) is 0 Å². The van der Waals surface area contributed by atoms with Crippen molar-refractivity contribution in [2.45, 2.75) is 56.3 Å². The molecule has 0 aromatic heterocycles. The molecule has 0 spiro atoms. The number of nitrogens with one attached hydrogen (secondary N) is 3. The third kappa shape index (κ3) is 12.6. The van der Waals surface area contributed by atoms with Gasteiger partial charge in [0.2, 0.25) is 17.7 Å². The smallest absolute Gasteiger partial charge is 0.328 e. The quantitative estimate of drug-likeness (QED) is 0.103. The predicted octanol–water partition coefficient (Wildman–Crippen LogP) is -2.67. The lowest BCUT2D eigenvalue weighted by Crippen LogP contribution is -2.57. The highest BCUT2D eigenvalue weighted by atomic mass is 32.2. The van der Waals surface area contributed by atoms with Crippen LogP contribution in [0.3, 0.4) is 0 Å². The van der Waals surface area contributed by atoms with Crippen LogP contribution in [0.5, 0.6) is 0 Å². The summed E-state index contributed by atoms with van der Waals surface area (Å²) >= 11 is 1.36. The van der Waals surface area contributed by atoms with E-state index in [0.717, 1.165) is 0 Å². The molecule has 0 aliphatic rings. The summed E-state index contributed by atoms with van der Waals surface area (Å²) in [6, 6.07) is -5.50. The second-order valence-corrected chi connectivity index (χ2v) is 7.94. The molecule has 0 bridgehead atoms. The molecule has 4 atom stereocenters. The van der Waals surface area contributed by atoms with E-state index in [1.54, 1.807) is 6.26 Å². The SMILES string of the molecule is CSCCC(NC(=O)C(N)CCC(=O)O)C(=O)NC(CCC(=O)O)C(=O)NC(CO)C(=O)O. The number of carbonyl (C=O) groups excluding carboxylic acids is 3. The van der Waals surface area contributed by atoms with Crippen molar-refractivity contribution < 1.29 is 49.2 Å². The Balaban J connectivity index is 5.40. The van der Waals surface area contributed by atoms with Gasteiger partial charge in [-0.1, -0.05) is 0 Å². The van der Waals surface area contributed by atoms with E-state index in [2.05, 4.69) is 10.6 Å². The van der Waals surface area contributed by atoms with E-state index in [9.17, 15) is 28.8 Å². The Labute approximate surface area is 193 Å². The van der Waals surface area contributed by atoms with Crippen LogP contribution in [0.25, 0.3) is 0 Å². The minimum atomic E-state index is -1.67. The van der Waals surface area contributed by atoms with Crippen LogP contribution < -0.4 is 21.7 Å². The molecule has 0 aromatic rings. The van der Waals surface area contributed by atoms with Gasteiger partial charge < -0.3 is 42.1 Å². The van der Waals surface area contributed by atoms with Crippen molar-refractivity contribution in [3.8, 4) is 0 Å². The minimum absolute atomic E-state index is 0.117. The Morgan fingerprint density at radius 3 is 1.67 bits per heavy atom. The molecule has 33 heavy (non-hydrogen) atoms. The minimum Gasteiger partial charge on any atom is -0.481 e. The van der Waals surface area contributed by atoms with Crippen LogP contribution in [0.2, 0.25) is 0 Å². The van der Waals surface area contributed by atoms with Crippen molar-refractivity contribution >= 4 is 47.4 Å². The van der Waals surface area contributed by atoms with Gasteiger partial charge in [0, 0.05) is 12.8 Å². The fraction of sp³-hybridized carbons (Fsp3) is 0.667. The van der Waals surface area contributed by atoms with E-state index < -0.39 is 72.8 Å². The Morgan fingerprint density at radius 2 is 1.21 bits per heavy atom. The number of aliphatic carboxylic acids is 3. The molecule has 0 aromatic carbocycles. The zero-order chi connectivity index (χ0) is 25.6. The summed E-state index contributed by atoms with van der Waals surface area (Å²) in [5.74, 6) is -6.19. The fourth-order valence-corrected chi connectivity index (χ4v) is 2.93. The van der Waals surface area contributed by atoms with Crippen LogP contribution in [0.4, 0.5) is 0 Å². The highest BCUT2D eigenvalue weighted by Gasteiger charge is 2.30. The molecule has 3 amide bonds. The molecule has 14 nitrogen and oxygen atoms in total. The van der Waals surface area contributed by atoms with Crippen LogP contribution in [-0.4, -0.2) is 98.8 Å². The highest BCUT2D eigenvalue weighted by molar-refractivity contribution is 7.98. The number of amides is 3. The predicted molar refractivity (Wildman–Crippen MR) is 115 cm³/mol. The summed E-state index contributed by atoms with van der Waals surface area (Å²) in [6.45, 7) is -0.929. The lowest BCUT2D eigenvalue weighted by Gasteiger charge is -2.24. The zero-order valence-corrected chi connectivity index (χ0v) is 18.8. The molecule has 0 saturated carbocycles. The molecule has 0 fully saturated rings. The van der Waals surface area contributed by atoms with E-state index in [1.165, 1.54) is 11.8 Å². The lowest BCUT2D eigenvalue weighted by molar-refractivity contribution is -0.144. The second kappa shape index (κ2) is 15.8. The van der Waals surface area contributed by atoms with Crippen molar-refractivity contribution in [1.82, 2.24) is 16.0 Å². The van der Waals surface area contributed by atoms with Gasteiger partial charge in [0.25, 0.3) is 0 Å². The number of carboxylic acids is 3. The third-order valence-electron chi connectivity index (χ3n) is 4.33. The van der Waals surface area contributed by atoms with Gasteiger partial charge in [-0.25, -0.2) is 4.79 Å². The van der Waals surface area contributed by atoms with Gasteiger partial charge >= 0.3 is 17.9 Å². The van der Waals surface area contributed by atoms with Crippen molar-refractivity contribution in [1.29, 1.82) is 0 Å². The third-order valence-corrected chi connectivity index (χ3v) is 4.97. The van der Waals surface area contributed by atoms with E-state index >= 15 is 0 Å². The van der Waals surface area contributed by atoms with Crippen LogP contribution >= 0.6 is 11.8 Å². The summed E-state index contributed by atoms with van der Waals surface area (Å²) in [4.78, 5) is 70.0. The molecule has 0 heterocycles. The molecule has 9 N–H and O–H groups in total. The number of rotatable bonds is 17. The number of aliphatic hydroxyl groups is 1. The number of carbonyl (C=O) groups is 6. The topological polar surface area (TPSA) is 245 Å². The van der Waals surface area contributed by atoms with Crippen molar-refractivity contribution in [2.24, 2.45) is 5.73 Å². The first-order valence-corrected chi connectivity index (χ1v) is 11.2. The van der Waals surface area contributed by atoms with E-state index in [1.807, 2.05) is 5.32 Å². The van der Waals surface area contributed by atoms with Gasteiger partial charge in [-0.2, -0.15) is 11.8 Å². The van der Waals surface area contributed by atoms with Crippen molar-refractivity contribution in [2.75, 3.05) is 18.6 Å². The van der Waals surface area contributed by atoms with Crippen molar-refractivity contribution in [3.05, 3.63) is 0 Å². The fourth-order valence-electron chi connectivity index (χ4n) is 2.46. The average Bonchev–Trinajstić information content (AvgIpc) is 2.74. The number of nitrogens with two attached hydrogens (primary N) is 1. The highest BCUT2D eigenvalue weighted by Crippen LogP contribution is 2.06. The lowest BCUT2D eigenvalue weighted by atomic mass is 10.1. The summed E-state index contributed by atoms with van der Waals surface area (Å²) in [5, 5.41) is 42.3. The number of carboxylic acid groups (broad SMARTS) is 3. The van der Waals surface area contributed by atoms with Crippen LogP contribution in [0.1, 0.15) is 32.1 Å². The van der Waals surface area contributed by atoms with Crippen LogP contribution in [0.15, 0.2) is 0 Å². The molecule has 188 valence electrons. The van der Waals surface area contributed by atoms with Gasteiger partial charge in [0.05, 0.1) is 12.6 Å². The standard InChI is InChI=1S/C18H30N4O10S/c1-33-7-6-11(20-15(28)9(19)2-4-13(24)25)17(30)21-10(3-5-14(26)27)16(29)22-12(8-23)18(31)32/h9-12,23H,2-8,19H2,1H3,(H,20,28)(H,21,30)(H,22,29)(H,24,25)(H,26,27)(H,31,32). The Hall–Kier alpha value is -2.91. The number of aliphatic hydroxyl groups excluding tert-OH is 1. The van der Waals surface area contributed by atoms with Gasteiger partial charge in [-0.05, 0) is 31.3 Å². The summed E-state index contributed by atoms with van der Waals surface area (Å²) < 4.78 is 0. The molecule has 0 rings (SSSR count). The normalized spacial score (nSPS) is 14.3. The van der Waals surface area contributed by atoms with Crippen LogP contribution in [-0.2, 0) is 28.8 Å². The molecule has 0 aliphatic carbocycles. The average molecular weight is 495 g/mol. The van der Waals surface area contributed by atoms with E-state index in [4.69, 9.17) is 26.2 Å². The summed E-state index contributed by atoms with van der Waals surface area (Å²) in [6.07, 6.45) is 0.428. The summed E-state index contributed by atoms with van der Waals surface area (Å²) in [5.41, 5.74) is 5.65. The Kier molecular flexibility index (Phi) is 14.4. The first kappa shape index (κ1) is 30.1. The molecular weight excluding hydrogens is 464 g/mol. The van der Waals surface area contributed by atoms with E-state index in [0.29, 0.717) is 5.75 Å². The maximum absolute atomic E-state index is 12.8. The molecule has 0 radical (unpaired) electrons. The number of thioether (sulfide) groups is 1. The number of hydrogen-bond donors (Lipinski definition) is 8. The first-order chi connectivity index (χ1) is 15.4. The molecule has 15 heteroatoms. The molecular formula is C18H30N4O10S. The Bertz CT molecular complexity index is 720. The van der Waals surface area contributed by atoms with Gasteiger partial charge in [-0.3, -0.25) is 24.0 Å². The maximum Gasteiger partial charge on any atom is 0.328 e. The first-order valence-electron chi connectivity index (χ1n) is 9.85. The van der Waals surface area contributed by atoms with Gasteiger partial charge in [-0.15, -0.1) is 0 Å². The maximum atomic E-state index is 12.8. The van der Waals surface area contributed by atoms with E-state index in [-0.39, 0.29) is 25.7 Å². The molecule has 0 saturated heterocycles.